The van der Waals surface area contributed by atoms with Crippen LogP contribution in [0.3, 0.4) is 0 Å². The molecule has 0 saturated carbocycles. The molecule has 0 aliphatic heterocycles. The second kappa shape index (κ2) is 3.94. The molecular formula is C8H19NO. The van der Waals surface area contributed by atoms with Crippen molar-refractivity contribution in [1.82, 2.24) is 4.90 Å². The number of hydrogen-bond donors (Lipinski definition) is 1. The molecule has 0 fully saturated rings. The molecule has 0 aliphatic carbocycles. The summed E-state index contributed by atoms with van der Waals surface area (Å²) in [6, 6.07) is 0. The van der Waals surface area contributed by atoms with Crippen LogP contribution in [-0.2, 0) is 0 Å². The molecule has 0 saturated heterocycles. The van der Waals surface area contributed by atoms with Crippen molar-refractivity contribution in [2.45, 2.75) is 27.0 Å². The van der Waals surface area contributed by atoms with Crippen LogP contribution in [0.1, 0.15) is 20.8 Å². The predicted octanol–water partition coefficient (Wildman–Crippen LogP) is 1.16. The van der Waals surface area contributed by atoms with E-state index < -0.39 is 0 Å². The van der Waals surface area contributed by atoms with Crippen molar-refractivity contribution in [2.75, 3.05) is 14.1 Å². The molecule has 2 heteroatoms. The lowest BCUT2D eigenvalue weighted by atomic mass is 9.96. The second-order valence-electron chi connectivity index (χ2n) is 3.48. The Kier molecular flexibility index (Phi) is 3.91. The Balaban J connectivity index is 3.81. The molecule has 0 radical (unpaired) electrons. The lowest BCUT2D eigenvalue weighted by molar-refractivity contribution is -0.0191. The van der Waals surface area contributed by atoms with Crippen LogP contribution in [0.2, 0.25) is 0 Å². The highest BCUT2D eigenvalue weighted by molar-refractivity contribution is 4.64. The molecule has 2 unspecified atom stereocenters. The van der Waals surface area contributed by atoms with Crippen molar-refractivity contribution in [3.63, 3.8) is 0 Å². The minimum atomic E-state index is -0.306. The van der Waals surface area contributed by atoms with E-state index in [9.17, 15) is 5.11 Å². The van der Waals surface area contributed by atoms with E-state index in [0.29, 0.717) is 11.8 Å². The maximum Gasteiger partial charge on any atom is 0.109 e. The number of aliphatic hydroxyl groups is 1. The minimum Gasteiger partial charge on any atom is -0.378 e. The fourth-order valence-electron chi connectivity index (χ4n) is 0.815. The van der Waals surface area contributed by atoms with Crippen LogP contribution in [0, 0.1) is 11.8 Å². The largest absolute Gasteiger partial charge is 0.378 e. The predicted molar refractivity (Wildman–Crippen MR) is 43.7 cm³/mol. The molecular weight excluding hydrogens is 126 g/mol. The molecule has 0 aromatic rings. The highest BCUT2D eigenvalue weighted by atomic mass is 16.3. The first-order valence-corrected chi connectivity index (χ1v) is 3.81. The summed E-state index contributed by atoms with van der Waals surface area (Å²) in [6.07, 6.45) is -0.306. The van der Waals surface area contributed by atoms with Gasteiger partial charge in [-0.1, -0.05) is 20.8 Å². The third-order valence-corrected chi connectivity index (χ3v) is 2.05. The molecule has 62 valence electrons. The van der Waals surface area contributed by atoms with E-state index in [-0.39, 0.29) is 6.23 Å². The van der Waals surface area contributed by atoms with E-state index in [1.54, 1.807) is 0 Å². The zero-order chi connectivity index (χ0) is 8.31. The van der Waals surface area contributed by atoms with Crippen LogP contribution in [0.5, 0.6) is 0 Å². The molecule has 2 atom stereocenters. The zero-order valence-electron chi connectivity index (χ0n) is 7.63. The molecule has 1 N–H and O–H groups in total. The molecule has 0 aromatic heterocycles. The normalized spacial score (nSPS) is 18.0. The number of aliphatic hydroxyl groups excluding tert-OH is 1. The van der Waals surface area contributed by atoms with Crippen LogP contribution >= 0.6 is 0 Å². The van der Waals surface area contributed by atoms with Crippen molar-refractivity contribution < 1.29 is 5.11 Å². The van der Waals surface area contributed by atoms with Crippen molar-refractivity contribution in [1.29, 1.82) is 0 Å². The maximum atomic E-state index is 9.49. The summed E-state index contributed by atoms with van der Waals surface area (Å²) in [5.41, 5.74) is 0. The summed E-state index contributed by atoms with van der Waals surface area (Å²) in [5, 5.41) is 9.49. The Morgan fingerprint density at radius 1 is 1.10 bits per heavy atom. The summed E-state index contributed by atoms with van der Waals surface area (Å²) in [6.45, 7) is 6.31. The van der Waals surface area contributed by atoms with E-state index in [4.69, 9.17) is 0 Å². The van der Waals surface area contributed by atoms with Gasteiger partial charge in [0.05, 0.1) is 0 Å². The Bertz CT molecular complexity index is 79.3. The van der Waals surface area contributed by atoms with Crippen LogP contribution < -0.4 is 0 Å². The fourth-order valence-corrected chi connectivity index (χ4v) is 0.815. The van der Waals surface area contributed by atoms with Gasteiger partial charge in [-0.2, -0.15) is 0 Å². The van der Waals surface area contributed by atoms with Gasteiger partial charge in [-0.15, -0.1) is 0 Å². The zero-order valence-corrected chi connectivity index (χ0v) is 7.63. The average molecular weight is 145 g/mol. The second-order valence-corrected chi connectivity index (χ2v) is 3.48. The molecule has 0 rings (SSSR count). The molecule has 0 heterocycles. The van der Waals surface area contributed by atoms with Crippen molar-refractivity contribution in [3.8, 4) is 0 Å². The topological polar surface area (TPSA) is 23.5 Å². The third kappa shape index (κ3) is 2.67. The quantitative estimate of drug-likeness (QED) is 0.602. The molecule has 2 nitrogen and oxygen atoms in total. The first-order chi connectivity index (χ1) is 4.46. The van der Waals surface area contributed by atoms with Crippen molar-refractivity contribution in [2.24, 2.45) is 11.8 Å². The van der Waals surface area contributed by atoms with Crippen molar-refractivity contribution in [3.05, 3.63) is 0 Å². The molecule has 0 aliphatic rings. The van der Waals surface area contributed by atoms with Gasteiger partial charge < -0.3 is 5.11 Å². The average Bonchev–Trinajstić information content (AvgIpc) is 1.84. The van der Waals surface area contributed by atoms with Gasteiger partial charge in [0.25, 0.3) is 0 Å². The Morgan fingerprint density at radius 3 is 1.60 bits per heavy atom. The first-order valence-electron chi connectivity index (χ1n) is 3.81. The van der Waals surface area contributed by atoms with E-state index in [0.717, 1.165) is 0 Å². The molecule has 10 heavy (non-hydrogen) atoms. The molecule has 0 amide bonds. The molecule has 0 bridgehead atoms. The van der Waals surface area contributed by atoms with Gasteiger partial charge in [0, 0.05) is 0 Å². The van der Waals surface area contributed by atoms with Gasteiger partial charge in [0.15, 0.2) is 0 Å². The number of rotatable bonds is 3. The first kappa shape index (κ1) is 9.92. The number of nitrogens with zero attached hydrogens (tertiary/aromatic N) is 1. The van der Waals surface area contributed by atoms with Crippen LogP contribution in [0.15, 0.2) is 0 Å². The van der Waals surface area contributed by atoms with E-state index in [2.05, 4.69) is 20.8 Å². The Hall–Kier alpha value is -0.0800. The third-order valence-electron chi connectivity index (χ3n) is 2.05. The Labute approximate surface area is 63.8 Å². The van der Waals surface area contributed by atoms with Crippen LogP contribution in [-0.4, -0.2) is 30.3 Å². The van der Waals surface area contributed by atoms with E-state index in [1.807, 2.05) is 19.0 Å². The summed E-state index contributed by atoms with van der Waals surface area (Å²) >= 11 is 0. The lowest BCUT2D eigenvalue weighted by Gasteiger charge is -2.27. The summed E-state index contributed by atoms with van der Waals surface area (Å²) in [5.74, 6) is 0.882. The maximum absolute atomic E-state index is 9.49. The highest BCUT2D eigenvalue weighted by Gasteiger charge is 2.18. The van der Waals surface area contributed by atoms with Gasteiger partial charge >= 0.3 is 0 Å². The van der Waals surface area contributed by atoms with Crippen LogP contribution in [0.25, 0.3) is 0 Å². The summed E-state index contributed by atoms with van der Waals surface area (Å²) in [4.78, 5) is 1.84. The van der Waals surface area contributed by atoms with Gasteiger partial charge in [0.2, 0.25) is 0 Å². The van der Waals surface area contributed by atoms with Gasteiger partial charge in [-0.05, 0) is 25.9 Å². The SMILES string of the molecule is CC(C)C(C)C(O)N(C)C. The van der Waals surface area contributed by atoms with E-state index in [1.165, 1.54) is 0 Å². The standard InChI is InChI=1S/C8H19NO/c1-6(2)7(3)8(10)9(4)5/h6-8,10H,1-5H3. The molecule has 0 spiro atoms. The van der Waals surface area contributed by atoms with Crippen molar-refractivity contribution >= 4 is 0 Å². The van der Waals surface area contributed by atoms with Crippen LogP contribution in [0.4, 0.5) is 0 Å². The van der Waals surface area contributed by atoms with Gasteiger partial charge in [0.1, 0.15) is 6.23 Å². The molecule has 0 aromatic carbocycles. The fraction of sp³-hybridized carbons (Fsp3) is 1.00. The van der Waals surface area contributed by atoms with E-state index >= 15 is 0 Å². The minimum absolute atomic E-state index is 0.306. The smallest absolute Gasteiger partial charge is 0.109 e. The van der Waals surface area contributed by atoms with Gasteiger partial charge in [-0.3, -0.25) is 4.90 Å². The van der Waals surface area contributed by atoms with Gasteiger partial charge in [-0.25, -0.2) is 0 Å². The highest BCUT2D eigenvalue weighted by Crippen LogP contribution is 2.15. The summed E-state index contributed by atoms with van der Waals surface area (Å²) in [7, 11) is 3.78. The number of hydrogen-bond acceptors (Lipinski definition) is 2. The Morgan fingerprint density at radius 2 is 1.50 bits per heavy atom. The lowest BCUT2D eigenvalue weighted by Crippen LogP contribution is -2.35. The summed E-state index contributed by atoms with van der Waals surface area (Å²) < 4.78 is 0. The monoisotopic (exact) mass is 145 g/mol.